The summed E-state index contributed by atoms with van der Waals surface area (Å²) >= 11 is 0. The van der Waals surface area contributed by atoms with Crippen molar-refractivity contribution >= 4 is 17.7 Å². The van der Waals surface area contributed by atoms with Crippen LogP contribution in [0.1, 0.15) is 63.1 Å². The first kappa shape index (κ1) is 22.7. The summed E-state index contributed by atoms with van der Waals surface area (Å²) in [7, 11) is 0. The van der Waals surface area contributed by atoms with Gasteiger partial charge in [-0.2, -0.15) is 0 Å². The number of carbonyl (C=O) groups excluding carboxylic acids is 2. The van der Waals surface area contributed by atoms with Crippen LogP contribution in [0.2, 0.25) is 0 Å². The highest BCUT2D eigenvalue weighted by Crippen LogP contribution is 2.25. The van der Waals surface area contributed by atoms with Gasteiger partial charge in [-0.25, -0.2) is 9.59 Å². The molecule has 31 heavy (non-hydrogen) atoms. The van der Waals surface area contributed by atoms with Crippen molar-refractivity contribution in [2.75, 3.05) is 5.73 Å². The summed E-state index contributed by atoms with van der Waals surface area (Å²) in [6.45, 7) is 3.71. The van der Waals surface area contributed by atoms with E-state index < -0.39 is 23.7 Å². The number of nitrogens with one attached hydrogen (secondary N) is 1. The number of benzene rings is 2. The van der Waals surface area contributed by atoms with E-state index in [1.165, 1.54) is 0 Å². The van der Waals surface area contributed by atoms with Crippen molar-refractivity contribution in [3.05, 3.63) is 65.7 Å². The molecule has 1 amide bonds. The Morgan fingerprint density at radius 1 is 1.10 bits per heavy atom. The molecule has 2 aromatic rings. The van der Waals surface area contributed by atoms with E-state index in [2.05, 4.69) is 5.32 Å². The summed E-state index contributed by atoms with van der Waals surface area (Å²) < 4.78 is 11.3. The monoisotopic (exact) mass is 424 g/mol. The maximum Gasteiger partial charge on any atom is 0.408 e. The molecule has 6 heteroatoms. The topological polar surface area (TPSA) is 90.6 Å². The van der Waals surface area contributed by atoms with Gasteiger partial charge in [0.2, 0.25) is 0 Å². The predicted octanol–water partition coefficient (Wildman–Crippen LogP) is 4.93. The van der Waals surface area contributed by atoms with Gasteiger partial charge in [0.15, 0.2) is 6.04 Å². The zero-order valence-electron chi connectivity index (χ0n) is 18.3. The van der Waals surface area contributed by atoms with Crippen molar-refractivity contribution in [2.24, 2.45) is 0 Å². The van der Waals surface area contributed by atoms with Gasteiger partial charge in [-0.3, -0.25) is 0 Å². The summed E-state index contributed by atoms with van der Waals surface area (Å²) in [6, 6.07) is 15.9. The molecule has 0 saturated heterocycles. The fourth-order valence-electron chi connectivity index (χ4n) is 3.81. The zero-order chi connectivity index (χ0) is 22.3. The molecule has 3 N–H and O–H groups in total. The molecule has 1 fully saturated rings. The lowest BCUT2D eigenvalue weighted by Crippen LogP contribution is -2.40. The molecule has 3 rings (SSSR count). The number of amides is 1. The first-order valence-corrected chi connectivity index (χ1v) is 10.9. The van der Waals surface area contributed by atoms with Gasteiger partial charge in [0.1, 0.15) is 11.7 Å². The van der Waals surface area contributed by atoms with Crippen LogP contribution in [0.15, 0.2) is 54.6 Å². The Bertz CT molecular complexity index is 876. The third kappa shape index (κ3) is 7.02. The molecule has 1 atom stereocenters. The fraction of sp³-hybridized carbons (Fsp3) is 0.440. The van der Waals surface area contributed by atoms with E-state index in [9.17, 15) is 9.59 Å². The van der Waals surface area contributed by atoms with Crippen LogP contribution in [0, 0.1) is 0 Å². The molecule has 1 unspecified atom stereocenters. The summed E-state index contributed by atoms with van der Waals surface area (Å²) in [5.41, 5.74) is 7.58. The number of nitrogen functional groups attached to an aromatic ring is 1. The quantitative estimate of drug-likeness (QED) is 0.463. The Morgan fingerprint density at radius 3 is 2.48 bits per heavy atom. The van der Waals surface area contributed by atoms with Crippen molar-refractivity contribution in [2.45, 2.75) is 70.1 Å². The molecule has 1 saturated carbocycles. The number of rotatable bonds is 8. The molecule has 2 aromatic carbocycles. The van der Waals surface area contributed by atoms with Gasteiger partial charge in [-0.05, 0) is 75.6 Å². The van der Waals surface area contributed by atoms with Crippen LogP contribution in [0.5, 0.6) is 0 Å². The number of esters is 1. The fourth-order valence-corrected chi connectivity index (χ4v) is 3.81. The van der Waals surface area contributed by atoms with Gasteiger partial charge in [0.25, 0.3) is 0 Å². The van der Waals surface area contributed by atoms with Crippen LogP contribution < -0.4 is 11.1 Å². The summed E-state index contributed by atoms with van der Waals surface area (Å²) in [5.74, 6) is -0.451. The van der Waals surface area contributed by atoms with Crippen molar-refractivity contribution in [3.8, 4) is 0 Å². The molecule has 0 heterocycles. The Morgan fingerprint density at radius 2 is 1.81 bits per heavy atom. The van der Waals surface area contributed by atoms with Gasteiger partial charge >= 0.3 is 12.1 Å². The molecule has 1 aliphatic carbocycles. The first-order chi connectivity index (χ1) is 14.8. The Kier molecular flexibility index (Phi) is 7.55. The lowest BCUT2D eigenvalue weighted by atomic mass is 9.98. The number of carbonyl (C=O) groups is 2. The van der Waals surface area contributed by atoms with Crippen LogP contribution in [0.4, 0.5) is 10.5 Å². The third-order valence-electron chi connectivity index (χ3n) is 5.55. The molecule has 0 spiro atoms. The van der Waals surface area contributed by atoms with E-state index in [0.29, 0.717) is 17.7 Å². The van der Waals surface area contributed by atoms with E-state index >= 15 is 0 Å². The number of nitrogens with two attached hydrogens (primary N) is 1. The number of ether oxygens (including phenoxy) is 2. The van der Waals surface area contributed by atoms with Crippen molar-refractivity contribution in [3.63, 3.8) is 0 Å². The number of aryl methyl sites for hydroxylation is 1. The molecule has 0 bridgehead atoms. The molecular formula is C25H32N2O4. The van der Waals surface area contributed by atoms with E-state index in [1.54, 1.807) is 12.1 Å². The minimum atomic E-state index is -0.904. The van der Waals surface area contributed by atoms with Gasteiger partial charge in [0, 0.05) is 5.69 Å². The Balaban J connectivity index is 1.61. The number of alkyl carbamates (subject to hydrolysis) is 1. The Hall–Kier alpha value is -3.02. The average Bonchev–Trinajstić information content (AvgIpc) is 3.24. The summed E-state index contributed by atoms with van der Waals surface area (Å²) in [5, 5.41) is 2.71. The Labute approximate surface area is 184 Å². The molecule has 166 valence electrons. The highest BCUT2D eigenvalue weighted by Gasteiger charge is 2.31. The van der Waals surface area contributed by atoms with Crippen molar-refractivity contribution in [1.29, 1.82) is 0 Å². The van der Waals surface area contributed by atoms with E-state index in [0.717, 1.165) is 37.7 Å². The molecule has 0 radical (unpaired) electrons. The number of hydrogen-bond acceptors (Lipinski definition) is 5. The second kappa shape index (κ2) is 10.3. The van der Waals surface area contributed by atoms with Gasteiger partial charge < -0.3 is 20.5 Å². The highest BCUT2D eigenvalue weighted by atomic mass is 16.6. The molecule has 1 aliphatic rings. The molecular weight excluding hydrogens is 392 g/mol. The van der Waals surface area contributed by atoms with Crippen molar-refractivity contribution in [1.82, 2.24) is 5.32 Å². The lowest BCUT2D eigenvalue weighted by molar-refractivity contribution is -0.151. The lowest BCUT2D eigenvalue weighted by Gasteiger charge is -2.27. The second-order valence-corrected chi connectivity index (χ2v) is 8.73. The number of hydrogen-bond donors (Lipinski definition) is 2. The zero-order valence-corrected chi connectivity index (χ0v) is 18.3. The highest BCUT2D eigenvalue weighted by molar-refractivity contribution is 5.83. The van der Waals surface area contributed by atoms with Crippen LogP contribution in [-0.2, 0) is 20.7 Å². The largest absolute Gasteiger partial charge is 0.461 e. The standard InChI is InChI=1S/C25H32N2O4/c1-25(2,16-15-18-9-8-12-20(26)17-18)31-24(29)27-22(19-10-4-3-5-11-19)23(28)30-21-13-6-7-14-21/h3-5,8-12,17,21-22H,6-7,13-16,26H2,1-2H3,(H,27,29). The van der Waals surface area contributed by atoms with Crippen LogP contribution in [0.25, 0.3) is 0 Å². The third-order valence-corrected chi connectivity index (χ3v) is 5.55. The summed E-state index contributed by atoms with van der Waals surface area (Å²) in [6.07, 6.45) is 4.48. The maximum absolute atomic E-state index is 12.8. The smallest absolute Gasteiger partial charge is 0.408 e. The summed E-state index contributed by atoms with van der Waals surface area (Å²) in [4.78, 5) is 25.5. The van der Waals surface area contributed by atoms with Gasteiger partial charge in [0.05, 0.1) is 0 Å². The minimum absolute atomic E-state index is 0.0775. The molecule has 6 nitrogen and oxygen atoms in total. The normalized spacial score (nSPS) is 15.3. The number of anilines is 1. The van der Waals surface area contributed by atoms with Crippen LogP contribution in [-0.4, -0.2) is 23.8 Å². The van der Waals surface area contributed by atoms with Gasteiger partial charge in [-0.1, -0.05) is 42.5 Å². The van der Waals surface area contributed by atoms with E-state index in [-0.39, 0.29) is 6.10 Å². The minimum Gasteiger partial charge on any atom is -0.461 e. The first-order valence-electron chi connectivity index (χ1n) is 10.9. The van der Waals surface area contributed by atoms with E-state index in [4.69, 9.17) is 15.2 Å². The van der Waals surface area contributed by atoms with Crippen LogP contribution in [0.3, 0.4) is 0 Å². The SMILES string of the molecule is CC(C)(CCc1cccc(N)c1)OC(=O)NC(C(=O)OC1CCCC1)c1ccccc1. The van der Waals surface area contributed by atoms with Gasteiger partial charge in [-0.15, -0.1) is 0 Å². The predicted molar refractivity (Wildman–Crippen MR) is 120 cm³/mol. The molecule has 0 aromatic heterocycles. The maximum atomic E-state index is 12.8. The van der Waals surface area contributed by atoms with Crippen molar-refractivity contribution < 1.29 is 19.1 Å². The second-order valence-electron chi connectivity index (χ2n) is 8.73. The van der Waals surface area contributed by atoms with Crippen LogP contribution >= 0.6 is 0 Å². The average molecular weight is 425 g/mol. The van der Waals surface area contributed by atoms with E-state index in [1.807, 2.05) is 56.3 Å². The molecule has 0 aliphatic heterocycles.